The molecule has 1 aliphatic rings. The minimum absolute atomic E-state index is 0.118. The smallest absolute Gasteiger partial charge is 0.220 e. The third-order valence-electron chi connectivity index (χ3n) is 6.10. The van der Waals surface area contributed by atoms with Crippen LogP contribution in [0.2, 0.25) is 0 Å². The van der Waals surface area contributed by atoms with E-state index in [1.165, 1.54) is 0 Å². The number of nitrogens with zero attached hydrogens (tertiary/aromatic N) is 4. The molecular weight excluding hydrogens is 393 g/mol. The normalized spacial score (nSPS) is 16.4. The highest BCUT2D eigenvalue weighted by molar-refractivity contribution is 5.88. The molecule has 160 valence electrons. The number of nitrogens with one attached hydrogen (secondary N) is 1. The van der Waals surface area contributed by atoms with Gasteiger partial charge in [-0.1, -0.05) is 18.2 Å². The maximum absolute atomic E-state index is 14.0. The van der Waals surface area contributed by atoms with E-state index in [2.05, 4.69) is 26.3 Å². The molecule has 0 amide bonds. The van der Waals surface area contributed by atoms with Gasteiger partial charge in [0.15, 0.2) is 5.65 Å². The van der Waals surface area contributed by atoms with Crippen molar-refractivity contribution in [3.05, 3.63) is 52.3 Å². The summed E-state index contributed by atoms with van der Waals surface area (Å²) in [5.74, 6) is 1.65. The molecule has 0 spiro atoms. The molecule has 1 N–H and O–H groups in total. The Labute approximate surface area is 181 Å². The van der Waals surface area contributed by atoms with Gasteiger partial charge in [-0.15, -0.1) is 0 Å². The summed E-state index contributed by atoms with van der Waals surface area (Å²) in [6, 6.07) is 9.92. The summed E-state index contributed by atoms with van der Waals surface area (Å²) in [4.78, 5) is 13.7. The highest BCUT2D eigenvalue weighted by atomic mass is 19.1. The largest absolute Gasteiger partial charge is 0.481 e. The lowest BCUT2D eigenvalue weighted by Crippen LogP contribution is -2.13. The fraction of sp³-hybridized carbons (Fsp3) is 0.417. The summed E-state index contributed by atoms with van der Waals surface area (Å²) in [6.07, 6.45) is 0.535. The van der Waals surface area contributed by atoms with Crippen molar-refractivity contribution in [2.75, 3.05) is 12.4 Å². The van der Waals surface area contributed by atoms with Crippen molar-refractivity contribution in [1.82, 2.24) is 15.0 Å². The second-order valence-corrected chi connectivity index (χ2v) is 8.27. The first-order chi connectivity index (χ1) is 14.8. The van der Waals surface area contributed by atoms with Crippen molar-refractivity contribution in [3.63, 3.8) is 0 Å². The highest BCUT2D eigenvalue weighted by Crippen LogP contribution is 2.51. The summed E-state index contributed by atoms with van der Waals surface area (Å²) < 4.78 is 19.5. The molecule has 1 fully saturated rings. The molecule has 4 rings (SSSR count). The number of fused-ring (bicyclic) bond motifs is 1. The fourth-order valence-electron chi connectivity index (χ4n) is 4.18. The molecule has 2 unspecified atom stereocenters. The summed E-state index contributed by atoms with van der Waals surface area (Å²) in [7, 11) is 1.56. The van der Waals surface area contributed by atoms with Gasteiger partial charge < -0.3 is 10.1 Å². The van der Waals surface area contributed by atoms with Gasteiger partial charge in [0.2, 0.25) is 5.88 Å². The third kappa shape index (κ3) is 3.67. The van der Waals surface area contributed by atoms with Gasteiger partial charge in [-0.3, -0.25) is 0 Å². The predicted molar refractivity (Wildman–Crippen MR) is 118 cm³/mol. The molecule has 0 bridgehead atoms. The second kappa shape index (κ2) is 7.77. The molecule has 0 saturated heterocycles. The van der Waals surface area contributed by atoms with E-state index in [0.29, 0.717) is 28.7 Å². The zero-order valence-electron chi connectivity index (χ0n) is 18.5. The number of hydrogen-bond acceptors (Lipinski definition) is 6. The van der Waals surface area contributed by atoms with Crippen LogP contribution >= 0.6 is 0 Å². The lowest BCUT2D eigenvalue weighted by Gasteiger charge is -2.21. The Bertz CT molecular complexity index is 1200. The average Bonchev–Trinajstić information content (AvgIpc) is 3.53. The van der Waals surface area contributed by atoms with Gasteiger partial charge in [-0.25, -0.2) is 14.4 Å². The molecule has 0 aliphatic heterocycles. The molecule has 2 aromatic heterocycles. The van der Waals surface area contributed by atoms with Crippen LogP contribution in [0.1, 0.15) is 67.0 Å². The first-order valence-corrected chi connectivity index (χ1v) is 10.4. The minimum atomic E-state index is -1.03. The number of alkyl halides is 1. The third-order valence-corrected chi connectivity index (χ3v) is 6.10. The van der Waals surface area contributed by atoms with E-state index in [0.717, 1.165) is 34.9 Å². The van der Waals surface area contributed by atoms with E-state index >= 15 is 0 Å². The number of aryl methyl sites for hydroxylation is 1. The number of nitriles is 1. The minimum Gasteiger partial charge on any atom is -0.481 e. The van der Waals surface area contributed by atoms with Crippen LogP contribution in [0.5, 0.6) is 5.88 Å². The fourth-order valence-corrected chi connectivity index (χ4v) is 4.18. The van der Waals surface area contributed by atoms with Gasteiger partial charge in [-0.05, 0) is 63.3 Å². The quantitative estimate of drug-likeness (QED) is 0.575. The lowest BCUT2D eigenvalue weighted by atomic mass is 9.95. The molecule has 6 nitrogen and oxygen atoms in total. The summed E-state index contributed by atoms with van der Waals surface area (Å²) in [5.41, 5.74) is 3.35. The average molecular weight is 420 g/mol. The zero-order chi connectivity index (χ0) is 22.3. The van der Waals surface area contributed by atoms with Crippen molar-refractivity contribution in [3.8, 4) is 11.9 Å². The van der Waals surface area contributed by atoms with Crippen molar-refractivity contribution in [2.24, 2.45) is 0 Å². The van der Waals surface area contributed by atoms with Crippen molar-refractivity contribution in [2.45, 2.75) is 58.2 Å². The monoisotopic (exact) mass is 419 g/mol. The number of anilines is 1. The van der Waals surface area contributed by atoms with Gasteiger partial charge >= 0.3 is 0 Å². The Hall–Kier alpha value is -3.27. The standard InChI is InChI=1S/C24H26FN5O/c1-13-17(14(2)25)7-6-8-18(13)15(3)27-21-19-11-20(24(12-26)9-10-24)23(31-5)30-22(19)29-16(4)28-21/h6-8,11,14-15H,9-10H2,1-5H3,(H,27,28,29,30). The Morgan fingerprint density at radius 3 is 2.48 bits per heavy atom. The lowest BCUT2D eigenvalue weighted by molar-refractivity contribution is 0.372. The van der Waals surface area contributed by atoms with Gasteiger partial charge in [0.1, 0.15) is 17.8 Å². The molecule has 1 aliphatic carbocycles. The number of halogens is 1. The van der Waals surface area contributed by atoms with E-state index in [4.69, 9.17) is 4.74 Å². The van der Waals surface area contributed by atoms with Crippen LogP contribution in [0.3, 0.4) is 0 Å². The number of ether oxygens (including phenoxy) is 1. The van der Waals surface area contributed by atoms with Gasteiger partial charge in [0.25, 0.3) is 0 Å². The number of pyridine rings is 1. The van der Waals surface area contributed by atoms with Crippen LogP contribution in [0.4, 0.5) is 10.2 Å². The zero-order valence-corrected chi connectivity index (χ0v) is 18.5. The van der Waals surface area contributed by atoms with E-state index in [9.17, 15) is 9.65 Å². The van der Waals surface area contributed by atoms with Crippen LogP contribution in [-0.4, -0.2) is 22.1 Å². The molecular formula is C24H26FN5O. The Morgan fingerprint density at radius 2 is 1.87 bits per heavy atom. The van der Waals surface area contributed by atoms with E-state index in [1.54, 1.807) is 14.0 Å². The Morgan fingerprint density at radius 1 is 1.16 bits per heavy atom. The second-order valence-electron chi connectivity index (χ2n) is 8.27. The van der Waals surface area contributed by atoms with Crippen molar-refractivity contribution >= 4 is 16.9 Å². The van der Waals surface area contributed by atoms with Gasteiger partial charge in [-0.2, -0.15) is 10.2 Å². The van der Waals surface area contributed by atoms with Crippen LogP contribution < -0.4 is 10.1 Å². The molecule has 2 heterocycles. The Kier molecular flexibility index (Phi) is 5.26. The molecule has 3 aromatic rings. The summed E-state index contributed by atoms with van der Waals surface area (Å²) >= 11 is 0. The Balaban J connectivity index is 1.80. The first kappa shape index (κ1) is 21.0. The van der Waals surface area contributed by atoms with Crippen LogP contribution in [0.15, 0.2) is 24.3 Å². The van der Waals surface area contributed by atoms with Crippen LogP contribution in [0.25, 0.3) is 11.0 Å². The van der Waals surface area contributed by atoms with Gasteiger partial charge in [0.05, 0.1) is 30.0 Å². The summed E-state index contributed by atoms with van der Waals surface area (Å²) in [6.45, 7) is 7.32. The number of rotatable bonds is 6. The molecule has 1 saturated carbocycles. The van der Waals surface area contributed by atoms with Crippen LogP contribution in [-0.2, 0) is 5.41 Å². The number of methoxy groups -OCH3 is 1. The number of benzene rings is 1. The maximum Gasteiger partial charge on any atom is 0.220 e. The van der Waals surface area contributed by atoms with E-state index in [-0.39, 0.29) is 6.04 Å². The van der Waals surface area contributed by atoms with Crippen LogP contribution in [0, 0.1) is 25.2 Å². The maximum atomic E-state index is 14.0. The first-order valence-electron chi connectivity index (χ1n) is 10.4. The van der Waals surface area contributed by atoms with Gasteiger partial charge in [0, 0.05) is 5.56 Å². The summed E-state index contributed by atoms with van der Waals surface area (Å²) in [5, 5.41) is 13.9. The number of hydrogen-bond donors (Lipinski definition) is 1. The topological polar surface area (TPSA) is 83.7 Å². The van der Waals surface area contributed by atoms with E-state index < -0.39 is 11.6 Å². The molecule has 2 atom stereocenters. The SMILES string of the molecule is COc1nc2nc(C)nc(NC(C)c3cccc(C(C)F)c3C)c2cc1C1(C#N)CC1. The van der Waals surface area contributed by atoms with Crippen molar-refractivity contribution in [1.29, 1.82) is 5.26 Å². The highest BCUT2D eigenvalue weighted by Gasteiger charge is 2.47. The van der Waals surface area contributed by atoms with E-state index in [1.807, 2.05) is 45.0 Å². The molecule has 0 radical (unpaired) electrons. The molecule has 1 aromatic carbocycles. The van der Waals surface area contributed by atoms with Crippen molar-refractivity contribution < 1.29 is 9.13 Å². The predicted octanol–water partition coefficient (Wildman–Crippen LogP) is 5.41. The molecule has 7 heteroatoms. The molecule has 31 heavy (non-hydrogen) atoms. The number of aromatic nitrogens is 3.